The van der Waals surface area contributed by atoms with Gasteiger partial charge in [0.1, 0.15) is 0 Å². The topological polar surface area (TPSA) is 45.2 Å². The first kappa shape index (κ1) is 13.9. The average Bonchev–Trinajstić information content (AvgIpc) is 2.57. The lowest BCUT2D eigenvalue weighted by atomic mass is 10.0. The van der Waals surface area contributed by atoms with E-state index in [2.05, 4.69) is 38.1 Å². The van der Waals surface area contributed by atoms with Crippen molar-refractivity contribution >= 4 is 5.82 Å². The molecule has 1 aliphatic rings. The van der Waals surface area contributed by atoms with Gasteiger partial charge in [0, 0.05) is 38.1 Å². The molecule has 0 aromatic carbocycles. The highest BCUT2D eigenvalue weighted by atomic mass is 15.3. The summed E-state index contributed by atoms with van der Waals surface area (Å²) in [7, 11) is 2.18. The molecule has 21 heavy (non-hydrogen) atoms. The Balaban J connectivity index is 1.63. The number of aromatic nitrogens is 3. The first-order valence-corrected chi connectivity index (χ1v) is 7.46. The van der Waals surface area contributed by atoms with E-state index in [1.165, 1.54) is 12.8 Å². The number of pyridine rings is 1. The van der Waals surface area contributed by atoms with Crippen LogP contribution < -0.4 is 4.90 Å². The van der Waals surface area contributed by atoms with E-state index in [1.807, 2.05) is 30.5 Å². The van der Waals surface area contributed by atoms with Gasteiger partial charge in [-0.2, -0.15) is 5.10 Å². The number of likely N-dealkylation sites (N-methyl/N-ethyl adjacent to an activating group) is 1. The van der Waals surface area contributed by atoms with Crippen LogP contribution in [0.25, 0.3) is 0 Å². The fourth-order valence-corrected chi connectivity index (χ4v) is 2.86. The molecule has 5 heteroatoms. The van der Waals surface area contributed by atoms with Gasteiger partial charge in [-0.05, 0) is 44.2 Å². The predicted octanol–water partition coefficient (Wildman–Crippen LogP) is 1.97. The van der Waals surface area contributed by atoms with Crippen molar-refractivity contribution in [1.29, 1.82) is 0 Å². The second-order valence-electron chi connectivity index (χ2n) is 5.56. The van der Waals surface area contributed by atoms with Crippen LogP contribution in [0.1, 0.15) is 18.5 Å². The lowest BCUT2D eigenvalue weighted by Crippen LogP contribution is -2.46. The van der Waals surface area contributed by atoms with Crippen LogP contribution >= 0.6 is 0 Å². The van der Waals surface area contributed by atoms with E-state index < -0.39 is 0 Å². The summed E-state index contributed by atoms with van der Waals surface area (Å²) in [5.41, 5.74) is 1.12. The average molecular weight is 283 g/mol. The van der Waals surface area contributed by atoms with E-state index in [4.69, 9.17) is 0 Å². The molecule has 2 aromatic heterocycles. The maximum absolute atomic E-state index is 4.41. The SMILES string of the molecule is CN(Cc1ccccn1)[C@@H]1CCCN(c2cccnn2)C1. The van der Waals surface area contributed by atoms with Crippen molar-refractivity contribution < 1.29 is 0 Å². The molecular formula is C16H21N5. The first-order valence-electron chi connectivity index (χ1n) is 7.46. The molecule has 1 atom stereocenters. The van der Waals surface area contributed by atoms with Gasteiger partial charge < -0.3 is 4.90 Å². The van der Waals surface area contributed by atoms with Crippen LogP contribution in [-0.4, -0.2) is 46.3 Å². The summed E-state index contributed by atoms with van der Waals surface area (Å²) in [4.78, 5) is 9.14. The Hall–Kier alpha value is -2.01. The summed E-state index contributed by atoms with van der Waals surface area (Å²) in [5.74, 6) is 0.980. The van der Waals surface area contributed by atoms with Crippen LogP contribution in [0.2, 0.25) is 0 Å². The van der Waals surface area contributed by atoms with E-state index in [-0.39, 0.29) is 0 Å². The van der Waals surface area contributed by atoms with Crippen molar-refractivity contribution in [3.8, 4) is 0 Å². The van der Waals surface area contributed by atoms with Crippen LogP contribution in [0.3, 0.4) is 0 Å². The number of piperidine rings is 1. The molecule has 110 valence electrons. The van der Waals surface area contributed by atoms with Crippen LogP contribution in [0, 0.1) is 0 Å². The van der Waals surface area contributed by atoms with Gasteiger partial charge in [0.15, 0.2) is 5.82 Å². The quantitative estimate of drug-likeness (QED) is 0.858. The number of anilines is 1. The molecule has 5 nitrogen and oxygen atoms in total. The molecular weight excluding hydrogens is 262 g/mol. The van der Waals surface area contributed by atoms with Crippen LogP contribution in [0.5, 0.6) is 0 Å². The summed E-state index contributed by atoms with van der Waals surface area (Å²) in [6.45, 7) is 2.95. The molecule has 1 saturated heterocycles. The third-order valence-electron chi connectivity index (χ3n) is 4.04. The van der Waals surface area contributed by atoms with E-state index in [1.54, 1.807) is 6.20 Å². The van der Waals surface area contributed by atoms with E-state index in [0.717, 1.165) is 31.1 Å². The van der Waals surface area contributed by atoms with E-state index in [0.29, 0.717) is 6.04 Å². The molecule has 3 rings (SSSR count). The third-order valence-corrected chi connectivity index (χ3v) is 4.04. The van der Waals surface area contributed by atoms with Gasteiger partial charge in [-0.1, -0.05) is 6.07 Å². The molecule has 0 unspecified atom stereocenters. The molecule has 2 aromatic rings. The molecule has 1 aliphatic heterocycles. The highest BCUT2D eigenvalue weighted by Gasteiger charge is 2.24. The lowest BCUT2D eigenvalue weighted by molar-refractivity contribution is 0.205. The van der Waals surface area contributed by atoms with Crippen molar-refractivity contribution in [2.24, 2.45) is 0 Å². The molecule has 0 radical (unpaired) electrons. The normalized spacial score (nSPS) is 19.0. The van der Waals surface area contributed by atoms with Gasteiger partial charge >= 0.3 is 0 Å². The second kappa shape index (κ2) is 6.63. The number of rotatable bonds is 4. The molecule has 1 fully saturated rings. The van der Waals surface area contributed by atoms with E-state index in [9.17, 15) is 0 Å². The minimum absolute atomic E-state index is 0.530. The Bertz CT molecular complexity index is 545. The fraction of sp³-hybridized carbons (Fsp3) is 0.438. The Morgan fingerprint density at radius 3 is 2.95 bits per heavy atom. The zero-order valence-electron chi connectivity index (χ0n) is 12.4. The predicted molar refractivity (Wildman–Crippen MR) is 83.0 cm³/mol. The highest BCUT2D eigenvalue weighted by molar-refractivity contribution is 5.37. The summed E-state index contributed by atoms with van der Waals surface area (Å²) < 4.78 is 0. The molecule has 0 bridgehead atoms. The maximum Gasteiger partial charge on any atom is 0.151 e. The molecule has 0 saturated carbocycles. The zero-order valence-corrected chi connectivity index (χ0v) is 12.4. The van der Waals surface area contributed by atoms with Gasteiger partial charge in [-0.15, -0.1) is 5.10 Å². The van der Waals surface area contributed by atoms with E-state index >= 15 is 0 Å². The molecule has 0 amide bonds. The van der Waals surface area contributed by atoms with Crippen LogP contribution in [-0.2, 0) is 6.54 Å². The monoisotopic (exact) mass is 283 g/mol. The maximum atomic E-state index is 4.41. The molecule has 3 heterocycles. The molecule has 0 N–H and O–H groups in total. The van der Waals surface area contributed by atoms with Gasteiger partial charge in [-0.3, -0.25) is 9.88 Å². The van der Waals surface area contributed by atoms with Crippen molar-refractivity contribution in [3.63, 3.8) is 0 Å². The van der Waals surface area contributed by atoms with Gasteiger partial charge in [0.2, 0.25) is 0 Å². The number of nitrogens with zero attached hydrogens (tertiary/aromatic N) is 5. The molecule has 0 spiro atoms. The Morgan fingerprint density at radius 2 is 2.19 bits per heavy atom. The first-order chi connectivity index (χ1) is 10.3. The summed E-state index contributed by atoms with van der Waals surface area (Å²) in [5, 5.41) is 8.21. The van der Waals surface area contributed by atoms with Gasteiger partial charge in [-0.25, -0.2) is 0 Å². The van der Waals surface area contributed by atoms with Gasteiger partial charge in [0.05, 0.1) is 5.69 Å². The largest absolute Gasteiger partial charge is 0.354 e. The minimum Gasteiger partial charge on any atom is -0.354 e. The van der Waals surface area contributed by atoms with Crippen LogP contribution in [0.4, 0.5) is 5.82 Å². The van der Waals surface area contributed by atoms with Crippen molar-refractivity contribution in [2.75, 3.05) is 25.0 Å². The van der Waals surface area contributed by atoms with Gasteiger partial charge in [0.25, 0.3) is 0 Å². The fourth-order valence-electron chi connectivity index (χ4n) is 2.86. The Kier molecular flexibility index (Phi) is 4.40. The zero-order chi connectivity index (χ0) is 14.5. The Labute approximate surface area is 125 Å². The van der Waals surface area contributed by atoms with Crippen molar-refractivity contribution in [1.82, 2.24) is 20.1 Å². The number of hydrogen-bond acceptors (Lipinski definition) is 5. The van der Waals surface area contributed by atoms with Crippen molar-refractivity contribution in [3.05, 3.63) is 48.4 Å². The van der Waals surface area contributed by atoms with Crippen molar-refractivity contribution in [2.45, 2.75) is 25.4 Å². The highest BCUT2D eigenvalue weighted by Crippen LogP contribution is 2.20. The third kappa shape index (κ3) is 3.55. The summed E-state index contributed by atoms with van der Waals surface area (Å²) in [6, 6.07) is 10.6. The minimum atomic E-state index is 0.530. The molecule has 0 aliphatic carbocycles. The number of hydrogen-bond donors (Lipinski definition) is 0. The Morgan fingerprint density at radius 1 is 1.24 bits per heavy atom. The van der Waals surface area contributed by atoms with Crippen LogP contribution in [0.15, 0.2) is 42.7 Å². The summed E-state index contributed by atoms with van der Waals surface area (Å²) in [6.07, 6.45) is 5.99. The smallest absolute Gasteiger partial charge is 0.151 e. The standard InChI is InChI=1S/C16H21N5/c1-20(12-14-6-2-3-9-17-14)15-7-5-11-21(13-15)16-8-4-10-18-19-16/h2-4,6,8-10,15H,5,7,11-13H2,1H3/t15-/m1/s1. The summed E-state index contributed by atoms with van der Waals surface area (Å²) >= 11 is 0. The second-order valence-corrected chi connectivity index (χ2v) is 5.56. The lowest BCUT2D eigenvalue weighted by Gasteiger charge is -2.37.